The van der Waals surface area contributed by atoms with E-state index in [1.54, 1.807) is 18.3 Å². The van der Waals surface area contributed by atoms with Crippen LogP contribution >= 0.6 is 0 Å². The molecule has 2 N–H and O–H groups in total. The highest BCUT2D eigenvalue weighted by Gasteiger charge is 2.06. The fourth-order valence-corrected chi connectivity index (χ4v) is 2.51. The van der Waals surface area contributed by atoms with E-state index in [-0.39, 0.29) is 5.69 Å². The van der Waals surface area contributed by atoms with E-state index >= 15 is 0 Å². The molecule has 0 spiro atoms. The van der Waals surface area contributed by atoms with Crippen molar-refractivity contribution in [2.24, 2.45) is 5.10 Å². The standard InChI is InChI=1S/C17H16N4O2/c1-2-12-5-3-8-16-13(10-18-17(12)16)11-19-20-14-6-4-7-15(9-14)21(22)23/h3-11,18,20H,2H2,1H3. The van der Waals surface area contributed by atoms with Gasteiger partial charge < -0.3 is 4.98 Å². The van der Waals surface area contributed by atoms with Crippen LogP contribution in [0.15, 0.2) is 53.8 Å². The van der Waals surface area contributed by atoms with Crippen LogP contribution in [-0.2, 0) is 6.42 Å². The average molecular weight is 308 g/mol. The molecule has 0 atom stereocenters. The Hall–Kier alpha value is -3.15. The summed E-state index contributed by atoms with van der Waals surface area (Å²) in [6.45, 7) is 2.12. The number of aromatic nitrogens is 1. The summed E-state index contributed by atoms with van der Waals surface area (Å²) in [6, 6.07) is 12.4. The number of anilines is 1. The molecule has 3 rings (SSSR count). The Morgan fingerprint density at radius 1 is 1.30 bits per heavy atom. The fraction of sp³-hybridized carbons (Fsp3) is 0.118. The Kier molecular flexibility index (Phi) is 4.05. The van der Waals surface area contributed by atoms with Gasteiger partial charge in [0.25, 0.3) is 5.69 Å². The third-order valence-corrected chi connectivity index (χ3v) is 3.67. The van der Waals surface area contributed by atoms with Crippen LogP contribution in [0.2, 0.25) is 0 Å². The van der Waals surface area contributed by atoms with Gasteiger partial charge in [0.15, 0.2) is 0 Å². The quantitative estimate of drug-likeness (QED) is 0.423. The highest BCUT2D eigenvalue weighted by Crippen LogP contribution is 2.21. The molecule has 0 aliphatic carbocycles. The molecule has 1 heterocycles. The maximum Gasteiger partial charge on any atom is 0.271 e. The zero-order valence-corrected chi connectivity index (χ0v) is 12.6. The maximum atomic E-state index is 10.8. The van der Waals surface area contributed by atoms with E-state index in [4.69, 9.17) is 0 Å². The van der Waals surface area contributed by atoms with E-state index in [0.29, 0.717) is 5.69 Å². The molecule has 6 heteroatoms. The van der Waals surface area contributed by atoms with E-state index in [0.717, 1.165) is 22.9 Å². The summed E-state index contributed by atoms with van der Waals surface area (Å²) in [5, 5.41) is 16.0. The topological polar surface area (TPSA) is 83.3 Å². The first-order chi connectivity index (χ1) is 11.2. The molecule has 0 amide bonds. The summed E-state index contributed by atoms with van der Waals surface area (Å²) in [5.74, 6) is 0. The van der Waals surface area contributed by atoms with Crippen LogP contribution in [0.3, 0.4) is 0 Å². The lowest BCUT2D eigenvalue weighted by atomic mass is 10.1. The molecule has 0 radical (unpaired) electrons. The molecule has 0 bridgehead atoms. The molecule has 0 aliphatic rings. The minimum absolute atomic E-state index is 0.0323. The normalized spacial score (nSPS) is 11.2. The minimum atomic E-state index is -0.430. The van der Waals surface area contributed by atoms with Crippen LogP contribution in [0.25, 0.3) is 10.9 Å². The van der Waals surface area contributed by atoms with Gasteiger partial charge in [-0.2, -0.15) is 5.10 Å². The van der Waals surface area contributed by atoms with Crippen molar-refractivity contribution in [3.05, 3.63) is 69.9 Å². The van der Waals surface area contributed by atoms with Crippen molar-refractivity contribution in [1.82, 2.24) is 4.98 Å². The Labute approximate surface area is 133 Å². The lowest BCUT2D eigenvalue weighted by Crippen LogP contribution is -1.92. The van der Waals surface area contributed by atoms with Gasteiger partial charge in [0, 0.05) is 34.8 Å². The highest BCUT2D eigenvalue weighted by molar-refractivity contribution is 6.00. The number of fused-ring (bicyclic) bond motifs is 1. The summed E-state index contributed by atoms with van der Waals surface area (Å²) in [4.78, 5) is 13.6. The lowest BCUT2D eigenvalue weighted by molar-refractivity contribution is -0.384. The van der Waals surface area contributed by atoms with Gasteiger partial charge in [-0.15, -0.1) is 0 Å². The van der Waals surface area contributed by atoms with Crippen molar-refractivity contribution in [3.63, 3.8) is 0 Å². The van der Waals surface area contributed by atoms with E-state index in [1.807, 2.05) is 18.3 Å². The predicted molar refractivity (Wildman–Crippen MR) is 92.0 cm³/mol. The molecule has 0 aliphatic heterocycles. The van der Waals surface area contributed by atoms with Crippen molar-refractivity contribution < 1.29 is 4.92 Å². The molecule has 1 aromatic heterocycles. The van der Waals surface area contributed by atoms with Crippen molar-refractivity contribution in [3.8, 4) is 0 Å². The molecule has 23 heavy (non-hydrogen) atoms. The zero-order chi connectivity index (χ0) is 16.2. The lowest BCUT2D eigenvalue weighted by Gasteiger charge is -2.00. The van der Waals surface area contributed by atoms with E-state index in [2.05, 4.69) is 28.5 Å². The summed E-state index contributed by atoms with van der Waals surface area (Å²) in [7, 11) is 0. The van der Waals surface area contributed by atoms with Gasteiger partial charge >= 0.3 is 0 Å². The summed E-state index contributed by atoms with van der Waals surface area (Å²) in [6.07, 6.45) is 4.57. The third-order valence-electron chi connectivity index (χ3n) is 3.67. The number of aromatic amines is 1. The van der Waals surface area contributed by atoms with Gasteiger partial charge in [-0.25, -0.2) is 0 Å². The largest absolute Gasteiger partial charge is 0.360 e. The number of para-hydroxylation sites is 1. The van der Waals surface area contributed by atoms with Gasteiger partial charge in [0.1, 0.15) is 0 Å². The fourth-order valence-electron chi connectivity index (χ4n) is 2.51. The number of aryl methyl sites for hydroxylation is 1. The molecule has 3 aromatic rings. The van der Waals surface area contributed by atoms with Crippen molar-refractivity contribution in [2.45, 2.75) is 13.3 Å². The Morgan fingerprint density at radius 3 is 2.91 bits per heavy atom. The predicted octanol–water partition coefficient (Wildman–Crippen LogP) is 4.08. The highest BCUT2D eigenvalue weighted by atomic mass is 16.6. The number of nitro benzene ring substituents is 1. The second-order valence-electron chi connectivity index (χ2n) is 5.11. The number of nitrogens with one attached hydrogen (secondary N) is 2. The summed E-state index contributed by atoms with van der Waals surface area (Å²) < 4.78 is 0. The van der Waals surface area contributed by atoms with E-state index in [1.165, 1.54) is 17.7 Å². The number of non-ortho nitro benzene ring substituents is 1. The number of hydrogen-bond acceptors (Lipinski definition) is 4. The number of nitrogens with zero attached hydrogens (tertiary/aromatic N) is 2. The second-order valence-corrected chi connectivity index (χ2v) is 5.11. The van der Waals surface area contributed by atoms with Crippen LogP contribution in [-0.4, -0.2) is 16.1 Å². The average Bonchev–Trinajstić information content (AvgIpc) is 2.98. The second kappa shape index (κ2) is 6.31. The molecule has 116 valence electrons. The first-order valence-electron chi connectivity index (χ1n) is 7.31. The SMILES string of the molecule is CCc1cccc2c(C=NNc3cccc([N+](=O)[O-])c3)c[nH]c12. The molecular formula is C17H16N4O2. The van der Waals surface area contributed by atoms with Crippen LogP contribution < -0.4 is 5.43 Å². The number of hydrogen-bond donors (Lipinski definition) is 2. The zero-order valence-electron chi connectivity index (χ0n) is 12.6. The third kappa shape index (κ3) is 3.06. The minimum Gasteiger partial charge on any atom is -0.360 e. The van der Waals surface area contributed by atoms with Gasteiger partial charge in [0.05, 0.1) is 16.8 Å². The molecule has 0 saturated heterocycles. The Balaban J connectivity index is 1.81. The Morgan fingerprint density at radius 2 is 2.13 bits per heavy atom. The van der Waals surface area contributed by atoms with Crippen molar-refractivity contribution >= 4 is 28.5 Å². The molecule has 0 saturated carbocycles. The molecule has 2 aromatic carbocycles. The van der Waals surface area contributed by atoms with Crippen molar-refractivity contribution in [1.29, 1.82) is 0 Å². The Bertz CT molecular complexity index is 883. The van der Waals surface area contributed by atoms with Gasteiger partial charge in [-0.3, -0.25) is 15.5 Å². The van der Waals surface area contributed by atoms with Crippen LogP contribution in [0, 0.1) is 10.1 Å². The number of H-pyrrole nitrogens is 1. The van der Waals surface area contributed by atoms with E-state index in [9.17, 15) is 10.1 Å². The first kappa shape index (κ1) is 14.8. The van der Waals surface area contributed by atoms with E-state index < -0.39 is 4.92 Å². The maximum absolute atomic E-state index is 10.8. The van der Waals surface area contributed by atoms with Gasteiger partial charge in [-0.05, 0) is 18.1 Å². The first-order valence-corrected chi connectivity index (χ1v) is 7.31. The smallest absolute Gasteiger partial charge is 0.271 e. The van der Waals surface area contributed by atoms with Gasteiger partial charge in [0.2, 0.25) is 0 Å². The monoisotopic (exact) mass is 308 g/mol. The number of hydrazone groups is 1. The number of rotatable bonds is 5. The number of nitro groups is 1. The van der Waals surface area contributed by atoms with Crippen LogP contribution in [0.1, 0.15) is 18.1 Å². The molecule has 6 nitrogen and oxygen atoms in total. The molecule has 0 unspecified atom stereocenters. The molecular weight excluding hydrogens is 292 g/mol. The van der Waals surface area contributed by atoms with Crippen LogP contribution in [0.4, 0.5) is 11.4 Å². The van der Waals surface area contributed by atoms with Gasteiger partial charge in [-0.1, -0.05) is 31.2 Å². The van der Waals surface area contributed by atoms with Crippen molar-refractivity contribution in [2.75, 3.05) is 5.43 Å². The van der Waals surface area contributed by atoms with Crippen LogP contribution in [0.5, 0.6) is 0 Å². The summed E-state index contributed by atoms with van der Waals surface area (Å²) in [5.41, 5.74) is 6.77. The summed E-state index contributed by atoms with van der Waals surface area (Å²) >= 11 is 0. The number of benzene rings is 2. The molecule has 0 fully saturated rings.